The van der Waals surface area contributed by atoms with Crippen LogP contribution < -0.4 is 10.6 Å². The van der Waals surface area contributed by atoms with Crippen LogP contribution >= 0.6 is 24.0 Å². The number of aliphatic imine (C=N–C) groups is 1. The maximum atomic E-state index is 5.61. The van der Waals surface area contributed by atoms with Gasteiger partial charge in [-0.2, -0.15) is 0 Å². The third kappa shape index (κ3) is 8.71. The maximum absolute atomic E-state index is 5.61. The van der Waals surface area contributed by atoms with Crippen molar-refractivity contribution in [2.24, 2.45) is 10.4 Å². The van der Waals surface area contributed by atoms with Gasteiger partial charge in [0.15, 0.2) is 5.96 Å². The van der Waals surface area contributed by atoms with Crippen LogP contribution in [0.15, 0.2) is 4.99 Å². The fourth-order valence-electron chi connectivity index (χ4n) is 3.79. The van der Waals surface area contributed by atoms with Crippen LogP contribution in [0.1, 0.15) is 46.0 Å². The molecule has 0 radical (unpaired) electrons. The summed E-state index contributed by atoms with van der Waals surface area (Å²) in [5, 5.41) is 6.89. The highest BCUT2D eigenvalue weighted by atomic mass is 127. The molecule has 1 heterocycles. The van der Waals surface area contributed by atoms with Gasteiger partial charge in [-0.25, -0.2) is 0 Å². The third-order valence-electron chi connectivity index (χ3n) is 5.39. The number of nitrogens with zero attached hydrogens (tertiary/aromatic N) is 2. The SMILES string of the molecule is CCNC(=NCC1(CCOCC)CCCC1)NCCN1CCOCC1.I. The van der Waals surface area contributed by atoms with Crippen molar-refractivity contribution in [3.8, 4) is 0 Å². The van der Waals surface area contributed by atoms with E-state index in [-0.39, 0.29) is 24.0 Å². The lowest BCUT2D eigenvalue weighted by Crippen LogP contribution is -2.44. The molecule has 0 aromatic rings. The van der Waals surface area contributed by atoms with E-state index in [2.05, 4.69) is 29.4 Å². The Kier molecular flexibility index (Phi) is 12.8. The molecule has 2 N–H and O–H groups in total. The molecule has 2 aliphatic rings. The highest BCUT2D eigenvalue weighted by Gasteiger charge is 2.33. The Balaban J connectivity index is 0.00000338. The number of hydrogen-bond acceptors (Lipinski definition) is 4. The first-order valence-corrected chi connectivity index (χ1v) is 10.2. The van der Waals surface area contributed by atoms with Gasteiger partial charge in [0.1, 0.15) is 0 Å². The Morgan fingerprint density at radius 3 is 2.54 bits per heavy atom. The smallest absolute Gasteiger partial charge is 0.191 e. The number of ether oxygens (including phenoxy) is 2. The number of hydrogen-bond donors (Lipinski definition) is 2. The summed E-state index contributed by atoms with van der Waals surface area (Å²) in [6.45, 7) is 13.4. The predicted octanol–water partition coefficient (Wildman–Crippen LogP) is 2.48. The van der Waals surface area contributed by atoms with Crippen molar-refractivity contribution in [2.45, 2.75) is 46.0 Å². The summed E-state index contributed by atoms with van der Waals surface area (Å²) in [7, 11) is 0. The normalized spacial score (nSPS) is 20.6. The molecule has 0 atom stereocenters. The summed E-state index contributed by atoms with van der Waals surface area (Å²) < 4.78 is 11.0. The second kappa shape index (κ2) is 14.0. The lowest BCUT2D eigenvalue weighted by atomic mass is 9.83. The minimum Gasteiger partial charge on any atom is -0.382 e. The molecule has 6 nitrogen and oxygen atoms in total. The van der Waals surface area contributed by atoms with Gasteiger partial charge < -0.3 is 20.1 Å². The van der Waals surface area contributed by atoms with Gasteiger partial charge in [0, 0.05) is 52.5 Å². The van der Waals surface area contributed by atoms with E-state index in [4.69, 9.17) is 14.5 Å². The van der Waals surface area contributed by atoms with Gasteiger partial charge in [-0.15, -0.1) is 24.0 Å². The van der Waals surface area contributed by atoms with Gasteiger partial charge in [-0.3, -0.25) is 9.89 Å². The molecule has 1 saturated heterocycles. The summed E-state index contributed by atoms with van der Waals surface area (Å²) in [6, 6.07) is 0. The third-order valence-corrected chi connectivity index (χ3v) is 5.39. The van der Waals surface area contributed by atoms with E-state index in [1.807, 2.05) is 0 Å². The van der Waals surface area contributed by atoms with Crippen LogP contribution in [0.5, 0.6) is 0 Å². The minimum absolute atomic E-state index is 0. The maximum Gasteiger partial charge on any atom is 0.191 e. The van der Waals surface area contributed by atoms with Crippen molar-refractivity contribution in [1.29, 1.82) is 0 Å². The van der Waals surface area contributed by atoms with Crippen LogP contribution in [0.25, 0.3) is 0 Å². The van der Waals surface area contributed by atoms with Crippen LogP contribution in [0.3, 0.4) is 0 Å². The van der Waals surface area contributed by atoms with E-state index in [0.717, 1.165) is 78.1 Å². The van der Waals surface area contributed by atoms with E-state index in [0.29, 0.717) is 5.41 Å². The van der Waals surface area contributed by atoms with Crippen molar-refractivity contribution < 1.29 is 9.47 Å². The zero-order valence-corrected chi connectivity index (χ0v) is 19.1. The zero-order valence-electron chi connectivity index (χ0n) is 16.7. The molecule has 2 rings (SSSR count). The molecule has 0 unspecified atom stereocenters. The minimum atomic E-state index is 0. The topological polar surface area (TPSA) is 58.1 Å². The highest BCUT2D eigenvalue weighted by Crippen LogP contribution is 2.41. The van der Waals surface area contributed by atoms with Crippen molar-refractivity contribution >= 4 is 29.9 Å². The first-order valence-electron chi connectivity index (χ1n) is 10.2. The molecular formula is C19H39IN4O2. The predicted molar refractivity (Wildman–Crippen MR) is 119 cm³/mol. The lowest BCUT2D eigenvalue weighted by Gasteiger charge is -2.28. The summed E-state index contributed by atoms with van der Waals surface area (Å²) >= 11 is 0. The quantitative estimate of drug-likeness (QED) is 0.217. The van der Waals surface area contributed by atoms with Gasteiger partial charge in [0.25, 0.3) is 0 Å². The van der Waals surface area contributed by atoms with Crippen molar-refractivity contribution in [1.82, 2.24) is 15.5 Å². The number of nitrogens with one attached hydrogen (secondary N) is 2. The standard InChI is InChI=1S/C19H38N4O2.HI/c1-3-20-18(21-10-11-23-12-15-25-16-13-23)22-17-19(7-5-6-8-19)9-14-24-4-2;/h3-17H2,1-2H3,(H2,20,21,22);1H. The Labute approximate surface area is 176 Å². The van der Waals surface area contributed by atoms with Crippen LogP contribution in [0, 0.1) is 5.41 Å². The van der Waals surface area contributed by atoms with Gasteiger partial charge >= 0.3 is 0 Å². The number of guanidine groups is 1. The molecular weight excluding hydrogens is 443 g/mol. The molecule has 0 spiro atoms. The van der Waals surface area contributed by atoms with E-state index in [9.17, 15) is 0 Å². The molecule has 1 aliphatic carbocycles. The second-order valence-corrected chi connectivity index (χ2v) is 7.23. The summed E-state index contributed by atoms with van der Waals surface area (Å²) in [6.07, 6.45) is 6.39. The molecule has 0 aromatic carbocycles. The molecule has 7 heteroatoms. The van der Waals surface area contributed by atoms with Gasteiger partial charge in [-0.05, 0) is 38.5 Å². The Morgan fingerprint density at radius 1 is 1.15 bits per heavy atom. The molecule has 0 amide bonds. The fourth-order valence-corrected chi connectivity index (χ4v) is 3.79. The van der Waals surface area contributed by atoms with Crippen molar-refractivity contribution in [3.05, 3.63) is 0 Å². The number of rotatable bonds is 10. The zero-order chi connectivity index (χ0) is 17.8. The van der Waals surface area contributed by atoms with Crippen molar-refractivity contribution in [2.75, 3.05) is 65.7 Å². The van der Waals surface area contributed by atoms with Crippen LogP contribution in [-0.2, 0) is 9.47 Å². The average molecular weight is 482 g/mol. The number of halogens is 1. The molecule has 154 valence electrons. The highest BCUT2D eigenvalue weighted by molar-refractivity contribution is 14.0. The molecule has 0 bridgehead atoms. The van der Waals surface area contributed by atoms with Crippen LogP contribution in [0.4, 0.5) is 0 Å². The van der Waals surface area contributed by atoms with Gasteiger partial charge in [-0.1, -0.05) is 12.8 Å². The lowest BCUT2D eigenvalue weighted by molar-refractivity contribution is 0.0389. The second-order valence-electron chi connectivity index (χ2n) is 7.23. The van der Waals surface area contributed by atoms with Gasteiger partial charge in [0.2, 0.25) is 0 Å². The summed E-state index contributed by atoms with van der Waals surface area (Å²) in [5.74, 6) is 0.957. The van der Waals surface area contributed by atoms with E-state index < -0.39 is 0 Å². The largest absolute Gasteiger partial charge is 0.382 e. The summed E-state index contributed by atoms with van der Waals surface area (Å²) in [5.41, 5.74) is 0.349. The molecule has 26 heavy (non-hydrogen) atoms. The molecule has 1 saturated carbocycles. The number of morpholine rings is 1. The Bertz CT molecular complexity index is 384. The molecule has 0 aromatic heterocycles. The molecule has 2 fully saturated rings. The van der Waals surface area contributed by atoms with Crippen molar-refractivity contribution in [3.63, 3.8) is 0 Å². The van der Waals surface area contributed by atoms with Gasteiger partial charge in [0.05, 0.1) is 13.2 Å². The first kappa shape index (κ1) is 23.9. The monoisotopic (exact) mass is 482 g/mol. The Hall–Kier alpha value is -0.120. The fraction of sp³-hybridized carbons (Fsp3) is 0.947. The average Bonchev–Trinajstić information content (AvgIpc) is 3.10. The van der Waals surface area contributed by atoms with E-state index in [1.54, 1.807) is 0 Å². The van der Waals surface area contributed by atoms with Crippen LogP contribution in [-0.4, -0.2) is 76.6 Å². The molecule has 1 aliphatic heterocycles. The van der Waals surface area contributed by atoms with Crippen LogP contribution in [0.2, 0.25) is 0 Å². The Morgan fingerprint density at radius 2 is 1.88 bits per heavy atom. The summed E-state index contributed by atoms with van der Waals surface area (Å²) in [4.78, 5) is 7.37. The van der Waals surface area contributed by atoms with E-state index in [1.165, 1.54) is 25.7 Å². The van der Waals surface area contributed by atoms with E-state index >= 15 is 0 Å². The first-order chi connectivity index (χ1) is 12.3.